The lowest BCUT2D eigenvalue weighted by Gasteiger charge is -2.34. The van der Waals surface area contributed by atoms with Crippen molar-refractivity contribution in [2.75, 3.05) is 25.3 Å². The largest absolute Gasteiger partial charge is 0.367 e. The van der Waals surface area contributed by atoms with Gasteiger partial charge in [-0.05, 0) is 31.7 Å². The first-order valence-electron chi connectivity index (χ1n) is 6.04. The molecule has 0 amide bonds. The van der Waals surface area contributed by atoms with Gasteiger partial charge in [0.25, 0.3) is 0 Å². The SMILES string of the molecule is CNS(=O)(=O)c1cc2c(cc1C)NC(CCl)N(C)S2(=O)=O. The maximum absolute atomic E-state index is 12.5. The highest BCUT2D eigenvalue weighted by atomic mass is 35.5. The fourth-order valence-corrected chi connectivity index (χ4v) is 4.98. The Balaban J connectivity index is 2.73. The summed E-state index contributed by atoms with van der Waals surface area (Å²) in [6.07, 6.45) is -0.574. The molecule has 10 heteroatoms. The molecule has 1 atom stereocenters. The van der Waals surface area contributed by atoms with Crippen molar-refractivity contribution in [3.05, 3.63) is 17.7 Å². The highest BCUT2D eigenvalue weighted by Gasteiger charge is 2.36. The maximum atomic E-state index is 12.5. The third-order valence-electron chi connectivity index (χ3n) is 3.40. The molecule has 0 radical (unpaired) electrons. The van der Waals surface area contributed by atoms with Crippen molar-refractivity contribution in [3.8, 4) is 0 Å². The van der Waals surface area contributed by atoms with Crippen molar-refractivity contribution in [1.29, 1.82) is 0 Å². The van der Waals surface area contributed by atoms with E-state index in [9.17, 15) is 16.8 Å². The summed E-state index contributed by atoms with van der Waals surface area (Å²) >= 11 is 5.76. The molecule has 0 saturated carbocycles. The number of hydrogen-bond acceptors (Lipinski definition) is 5. The maximum Gasteiger partial charge on any atom is 0.246 e. The van der Waals surface area contributed by atoms with Crippen molar-refractivity contribution in [1.82, 2.24) is 9.03 Å². The third kappa shape index (κ3) is 2.64. The Morgan fingerprint density at radius 1 is 1.43 bits per heavy atom. The second-order valence-electron chi connectivity index (χ2n) is 4.66. The summed E-state index contributed by atoms with van der Waals surface area (Å²) in [5.41, 5.74) is 0.801. The predicted molar refractivity (Wildman–Crippen MR) is 80.5 cm³/mol. The van der Waals surface area contributed by atoms with Crippen LogP contribution < -0.4 is 10.0 Å². The first-order chi connectivity index (χ1) is 9.65. The molecule has 21 heavy (non-hydrogen) atoms. The summed E-state index contributed by atoms with van der Waals surface area (Å²) in [5.74, 6) is 0.0742. The summed E-state index contributed by atoms with van der Waals surface area (Å²) in [6, 6.07) is 2.67. The van der Waals surface area contributed by atoms with Gasteiger partial charge < -0.3 is 5.32 Å². The number of nitrogens with zero attached hydrogens (tertiary/aromatic N) is 1. The Labute approximate surface area is 129 Å². The number of halogens is 1. The Kier molecular flexibility index (Phi) is 4.24. The van der Waals surface area contributed by atoms with E-state index in [0.717, 1.165) is 4.31 Å². The molecule has 1 aliphatic heterocycles. The predicted octanol–water partition coefficient (Wildman–Crippen LogP) is 0.514. The van der Waals surface area contributed by atoms with Crippen LogP contribution in [0.25, 0.3) is 0 Å². The number of fused-ring (bicyclic) bond motifs is 1. The molecule has 1 aromatic carbocycles. The van der Waals surface area contributed by atoms with Crippen LogP contribution in [0, 0.1) is 6.92 Å². The molecule has 1 aromatic rings. The van der Waals surface area contributed by atoms with Gasteiger partial charge in [-0.3, -0.25) is 0 Å². The van der Waals surface area contributed by atoms with Crippen molar-refractivity contribution >= 4 is 37.3 Å². The number of nitrogens with one attached hydrogen (secondary N) is 2. The zero-order valence-electron chi connectivity index (χ0n) is 11.7. The summed E-state index contributed by atoms with van der Waals surface area (Å²) < 4.78 is 52.1. The van der Waals surface area contributed by atoms with E-state index < -0.39 is 26.2 Å². The Bertz CT molecular complexity index is 777. The second kappa shape index (κ2) is 5.40. The van der Waals surface area contributed by atoms with Gasteiger partial charge in [-0.15, -0.1) is 11.6 Å². The van der Waals surface area contributed by atoms with E-state index in [2.05, 4.69) is 10.0 Å². The minimum absolute atomic E-state index is 0.0631. The molecule has 0 fully saturated rings. The van der Waals surface area contributed by atoms with Gasteiger partial charge >= 0.3 is 0 Å². The van der Waals surface area contributed by atoms with Crippen LogP contribution in [-0.2, 0) is 20.0 Å². The van der Waals surface area contributed by atoms with Crippen molar-refractivity contribution in [2.45, 2.75) is 22.9 Å². The van der Waals surface area contributed by atoms with Crippen LogP contribution in [0.3, 0.4) is 0 Å². The van der Waals surface area contributed by atoms with Crippen molar-refractivity contribution < 1.29 is 16.8 Å². The van der Waals surface area contributed by atoms with Crippen LogP contribution in [0.2, 0.25) is 0 Å². The number of rotatable bonds is 3. The molecular weight excluding hydrogens is 338 g/mol. The molecule has 0 saturated heterocycles. The van der Waals surface area contributed by atoms with Crippen LogP contribution >= 0.6 is 11.6 Å². The van der Waals surface area contributed by atoms with Crippen molar-refractivity contribution in [3.63, 3.8) is 0 Å². The quantitative estimate of drug-likeness (QED) is 0.772. The van der Waals surface area contributed by atoms with Gasteiger partial charge in [0, 0.05) is 7.05 Å². The van der Waals surface area contributed by atoms with Gasteiger partial charge in [-0.25, -0.2) is 21.6 Å². The van der Waals surface area contributed by atoms with Gasteiger partial charge in [-0.2, -0.15) is 4.31 Å². The van der Waals surface area contributed by atoms with Gasteiger partial charge in [0.2, 0.25) is 20.0 Å². The molecule has 1 heterocycles. The van der Waals surface area contributed by atoms with E-state index >= 15 is 0 Å². The third-order valence-corrected chi connectivity index (χ3v) is 7.15. The first-order valence-corrected chi connectivity index (χ1v) is 9.49. The van der Waals surface area contributed by atoms with Gasteiger partial charge in [0.15, 0.2) is 0 Å². The number of aryl methyl sites for hydroxylation is 1. The van der Waals surface area contributed by atoms with E-state index in [1.807, 2.05) is 0 Å². The summed E-state index contributed by atoms with van der Waals surface area (Å²) in [5, 5.41) is 2.99. The molecule has 1 aliphatic rings. The minimum Gasteiger partial charge on any atom is -0.367 e. The van der Waals surface area contributed by atoms with E-state index in [4.69, 9.17) is 11.6 Å². The molecule has 0 aliphatic carbocycles. The fraction of sp³-hybridized carbons (Fsp3) is 0.455. The van der Waals surface area contributed by atoms with Crippen LogP contribution in [0.15, 0.2) is 21.9 Å². The topological polar surface area (TPSA) is 95.6 Å². The summed E-state index contributed by atoms with van der Waals surface area (Å²) in [7, 11) is -4.86. The van der Waals surface area contributed by atoms with Gasteiger partial charge in [0.1, 0.15) is 11.1 Å². The van der Waals surface area contributed by atoms with E-state index in [-0.39, 0.29) is 15.7 Å². The molecule has 2 N–H and O–H groups in total. The molecule has 0 aromatic heterocycles. The number of alkyl halides is 1. The average Bonchev–Trinajstić information content (AvgIpc) is 2.42. The molecule has 1 unspecified atom stereocenters. The molecule has 0 bridgehead atoms. The molecule has 2 rings (SSSR count). The monoisotopic (exact) mass is 353 g/mol. The van der Waals surface area contributed by atoms with E-state index in [1.54, 1.807) is 6.92 Å². The summed E-state index contributed by atoms with van der Waals surface area (Å²) in [4.78, 5) is -0.141. The highest BCUT2D eigenvalue weighted by molar-refractivity contribution is 7.90. The molecule has 0 spiro atoms. The fourth-order valence-electron chi connectivity index (χ4n) is 2.12. The van der Waals surface area contributed by atoms with Gasteiger partial charge in [-0.1, -0.05) is 0 Å². The second-order valence-corrected chi connectivity index (χ2v) is 8.79. The normalized spacial score (nSPS) is 21.6. The lowest BCUT2D eigenvalue weighted by molar-refractivity contribution is 0.411. The Hall–Kier alpha value is -0.870. The Morgan fingerprint density at radius 2 is 2.05 bits per heavy atom. The van der Waals surface area contributed by atoms with Gasteiger partial charge in [0.05, 0.1) is 16.5 Å². The lowest BCUT2D eigenvalue weighted by atomic mass is 10.2. The highest BCUT2D eigenvalue weighted by Crippen LogP contribution is 2.34. The average molecular weight is 354 g/mol. The van der Waals surface area contributed by atoms with Crippen LogP contribution in [0.5, 0.6) is 0 Å². The molecule has 118 valence electrons. The molecular formula is C11H16ClN3O4S2. The zero-order valence-corrected chi connectivity index (χ0v) is 14.1. The Morgan fingerprint density at radius 3 is 2.57 bits per heavy atom. The van der Waals surface area contributed by atoms with E-state index in [0.29, 0.717) is 11.3 Å². The number of hydrogen-bond donors (Lipinski definition) is 2. The lowest BCUT2D eigenvalue weighted by Crippen LogP contribution is -2.47. The van der Waals surface area contributed by atoms with Crippen LogP contribution in [-0.4, -0.2) is 47.3 Å². The number of benzene rings is 1. The smallest absolute Gasteiger partial charge is 0.246 e. The number of anilines is 1. The van der Waals surface area contributed by atoms with Crippen LogP contribution in [0.1, 0.15) is 5.56 Å². The molecule has 7 nitrogen and oxygen atoms in total. The first kappa shape index (κ1) is 16.5. The standard InChI is InChI=1S/C11H16ClN3O4S2/c1-7-4-8-10(5-9(7)20(16,17)13-2)21(18,19)15(3)11(6-12)14-8/h4-5,11,13-14H,6H2,1-3H3. The summed E-state index contributed by atoms with van der Waals surface area (Å²) in [6.45, 7) is 1.60. The van der Waals surface area contributed by atoms with E-state index in [1.165, 1.54) is 26.2 Å². The van der Waals surface area contributed by atoms with Crippen molar-refractivity contribution in [2.24, 2.45) is 0 Å². The zero-order chi connectivity index (χ0) is 16.0. The van der Waals surface area contributed by atoms with Crippen LogP contribution in [0.4, 0.5) is 5.69 Å². The minimum atomic E-state index is -3.80. The number of sulfonamides is 2.